The van der Waals surface area contributed by atoms with Gasteiger partial charge in [-0.25, -0.2) is 4.98 Å². The highest BCUT2D eigenvalue weighted by molar-refractivity contribution is 9.10. The molecule has 0 spiro atoms. The van der Waals surface area contributed by atoms with Crippen LogP contribution >= 0.6 is 26.7 Å². The summed E-state index contributed by atoms with van der Waals surface area (Å²) in [5, 5.41) is 0. The third kappa shape index (κ3) is 5.93. The molecule has 0 aliphatic heterocycles. The summed E-state index contributed by atoms with van der Waals surface area (Å²) in [5.74, 6) is 0.372. The summed E-state index contributed by atoms with van der Waals surface area (Å²) in [6.07, 6.45) is 2.83. The number of hydrogen-bond donors (Lipinski definition) is 3. The lowest BCUT2D eigenvalue weighted by Crippen LogP contribution is -2.09. The van der Waals surface area contributed by atoms with Gasteiger partial charge in [-0.1, -0.05) is 13.8 Å². The molecule has 0 fully saturated rings. The van der Waals surface area contributed by atoms with Crippen LogP contribution in [0.3, 0.4) is 0 Å². The zero-order valence-corrected chi connectivity index (χ0v) is 11.6. The number of aromatic nitrogens is 2. The monoisotopic (exact) mass is 297 g/mol. The molecule has 1 aromatic rings. The van der Waals surface area contributed by atoms with Crippen LogP contribution in [0.1, 0.15) is 19.5 Å². The van der Waals surface area contributed by atoms with E-state index in [-0.39, 0.29) is 0 Å². The topological polar surface area (TPSA) is 78.3 Å². The molecule has 0 aliphatic carbocycles. The van der Waals surface area contributed by atoms with Gasteiger partial charge < -0.3 is 0 Å². The van der Waals surface area contributed by atoms with E-state index in [0.29, 0.717) is 16.1 Å². The van der Waals surface area contributed by atoms with Crippen molar-refractivity contribution in [1.29, 1.82) is 0 Å². The number of halogens is 1. The largest absolute Gasteiger partial charge is 0.282 e. The van der Waals surface area contributed by atoms with E-state index in [1.165, 1.54) is 6.26 Å². The van der Waals surface area contributed by atoms with Gasteiger partial charge in [-0.05, 0) is 22.9 Å². The van der Waals surface area contributed by atoms with Gasteiger partial charge >= 0.3 is 0 Å². The quantitative estimate of drug-likeness (QED) is 0.781. The van der Waals surface area contributed by atoms with Crippen LogP contribution in [0.2, 0.25) is 0 Å². The summed E-state index contributed by atoms with van der Waals surface area (Å²) in [4.78, 5) is 7.98. The molecule has 7 heteroatoms. The Kier molecular flexibility index (Phi) is 6.11. The molecular weight excluding hydrogens is 282 g/mol. The molecule has 0 atom stereocenters. The van der Waals surface area contributed by atoms with Crippen molar-refractivity contribution in [2.45, 2.75) is 20.8 Å². The maximum Gasteiger partial charge on any atom is 0.166 e. The number of rotatable bonds is 2. The molecule has 0 amide bonds. The Bertz CT molecular complexity index is 317. The molecule has 1 rings (SSSR count). The number of nitrogens with zero attached hydrogens (tertiary/aromatic N) is 2. The molecule has 1 heterocycles. The van der Waals surface area contributed by atoms with E-state index in [2.05, 4.69) is 30.6 Å². The van der Waals surface area contributed by atoms with Crippen LogP contribution < -0.4 is 4.72 Å². The fourth-order valence-electron chi connectivity index (χ4n) is 0.708. The van der Waals surface area contributed by atoms with E-state index < -0.39 is 10.8 Å². The van der Waals surface area contributed by atoms with Gasteiger partial charge in [0, 0.05) is 6.26 Å². The van der Waals surface area contributed by atoms with Crippen molar-refractivity contribution in [3.05, 3.63) is 16.5 Å². The van der Waals surface area contributed by atoms with Crippen LogP contribution in [0.5, 0.6) is 0 Å². The van der Waals surface area contributed by atoms with Gasteiger partial charge in [0.25, 0.3) is 0 Å². The maximum atomic E-state index is 9.13. The van der Waals surface area contributed by atoms with E-state index in [4.69, 9.17) is 9.11 Å². The minimum absolute atomic E-state index is 0.372. The number of aryl methyl sites for hydroxylation is 1. The molecule has 0 bridgehead atoms. The van der Waals surface area contributed by atoms with Crippen LogP contribution in [-0.2, 0) is 0 Å². The molecule has 0 saturated carbocycles. The minimum atomic E-state index is -2.79. The Balaban J connectivity index is 0.000000921. The van der Waals surface area contributed by atoms with Crippen LogP contribution in [-0.4, -0.2) is 25.3 Å². The molecule has 1 aromatic heterocycles. The maximum absolute atomic E-state index is 9.13. The Morgan fingerprint density at radius 1 is 1.40 bits per heavy atom. The average Bonchev–Trinajstić information content (AvgIpc) is 2.12. The highest BCUT2D eigenvalue weighted by Gasteiger charge is 2.08. The molecule has 15 heavy (non-hydrogen) atoms. The first kappa shape index (κ1) is 14.6. The van der Waals surface area contributed by atoms with E-state index >= 15 is 0 Å². The summed E-state index contributed by atoms with van der Waals surface area (Å²) in [6, 6.07) is 0. The number of nitrogens with one attached hydrogen (secondary N) is 1. The number of hydrogen-bond acceptors (Lipinski definition) is 5. The molecule has 0 aromatic carbocycles. The summed E-state index contributed by atoms with van der Waals surface area (Å²) in [7, 11) is -2.79. The van der Waals surface area contributed by atoms with Crippen molar-refractivity contribution in [3.63, 3.8) is 0 Å². The molecule has 0 aliphatic rings. The zero-order valence-electron chi connectivity index (χ0n) is 9.15. The second kappa shape index (κ2) is 6.26. The lowest BCUT2D eigenvalue weighted by molar-refractivity contribution is 0.502. The van der Waals surface area contributed by atoms with Gasteiger partial charge in [0.05, 0.1) is 11.9 Å². The summed E-state index contributed by atoms with van der Waals surface area (Å²) >= 11 is 3.14. The second-order valence-electron chi connectivity index (χ2n) is 2.56. The first-order chi connectivity index (χ1) is 6.88. The highest BCUT2D eigenvalue weighted by atomic mass is 79.9. The van der Waals surface area contributed by atoms with Gasteiger partial charge in [0.15, 0.2) is 5.82 Å². The molecule has 0 radical (unpaired) electrons. The SMILES string of the molecule is CC.Cc1ncc(Br)nc1NS(C)(O)O. The van der Waals surface area contributed by atoms with Gasteiger partial charge in [-0.2, -0.15) is 0 Å². The van der Waals surface area contributed by atoms with Crippen molar-refractivity contribution < 1.29 is 9.11 Å². The fraction of sp³-hybridized carbons (Fsp3) is 0.500. The number of anilines is 1. The first-order valence-corrected chi connectivity index (χ1v) is 7.13. The standard InChI is InChI=1S/C6H10BrN3O2S.C2H6/c1-4-6(10-13(2,11)12)9-5(7)3-8-4;1-2/h3,11-12H,1-2H3,(H,9,10);1-2H3. The highest BCUT2D eigenvalue weighted by Crippen LogP contribution is 2.34. The third-order valence-electron chi connectivity index (χ3n) is 1.22. The molecule has 0 unspecified atom stereocenters. The summed E-state index contributed by atoms with van der Waals surface area (Å²) in [6.45, 7) is 5.73. The summed E-state index contributed by atoms with van der Waals surface area (Å²) in [5.41, 5.74) is 0.616. The van der Waals surface area contributed by atoms with Crippen molar-refractivity contribution in [2.75, 3.05) is 11.0 Å². The fourth-order valence-corrected chi connectivity index (χ4v) is 1.55. The van der Waals surface area contributed by atoms with Crippen LogP contribution in [0, 0.1) is 6.92 Å². The predicted molar refractivity (Wildman–Crippen MR) is 68.2 cm³/mol. The Hall–Kier alpha value is -0.370. The van der Waals surface area contributed by atoms with Gasteiger partial charge in [-0.15, -0.1) is 10.8 Å². The van der Waals surface area contributed by atoms with Gasteiger partial charge in [0.2, 0.25) is 0 Å². The molecule has 5 nitrogen and oxygen atoms in total. The Labute approximate surface area is 100.0 Å². The van der Waals surface area contributed by atoms with E-state index in [1.807, 2.05) is 13.8 Å². The normalized spacial score (nSPS) is 11.4. The zero-order chi connectivity index (χ0) is 12.1. The molecular formula is C8H16BrN3O2S. The second-order valence-corrected chi connectivity index (χ2v) is 5.25. The first-order valence-electron chi connectivity index (χ1n) is 4.38. The summed E-state index contributed by atoms with van der Waals surface area (Å²) < 4.78 is 21.3. The van der Waals surface area contributed by atoms with Crippen molar-refractivity contribution in [2.24, 2.45) is 0 Å². The van der Waals surface area contributed by atoms with Crippen molar-refractivity contribution >= 4 is 32.5 Å². The van der Waals surface area contributed by atoms with Crippen molar-refractivity contribution in [3.8, 4) is 0 Å². The molecule has 0 saturated heterocycles. The smallest absolute Gasteiger partial charge is 0.166 e. The van der Waals surface area contributed by atoms with Gasteiger partial charge in [-0.3, -0.25) is 18.8 Å². The van der Waals surface area contributed by atoms with E-state index in [1.54, 1.807) is 13.1 Å². The lowest BCUT2D eigenvalue weighted by Gasteiger charge is -2.28. The van der Waals surface area contributed by atoms with Crippen molar-refractivity contribution in [1.82, 2.24) is 9.97 Å². The minimum Gasteiger partial charge on any atom is -0.282 e. The lowest BCUT2D eigenvalue weighted by atomic mass is 10.5. The average molecular weight is 298 g/mol. The third-order valence-corrected chi connectivity index (χ3v) is 2.18. The predicted octanol–water partition coefficient (Wildman–Crippen LogP) is 3.28. The molecule has 3 N–H and O–H groups in total. The van der Waals surface area contributed by atoms with E-state index in [9.17, 15) is 0 Å². The Morgan fingerprint density at radius 2 is 1.93 bits per heavy atom. The van der Waals surface area contributed by atoms with Crippen LogP contribution in [0.25, 0.3) is 0 Å². The van der Waals surface area contributed by atoms with E-state index in [0.717, 1.165) is 0 Å². The van der Waals surface area contributed by atoms with Crippen LogP contribution in [0.4, 0.5) is 5.82 Å². The van der Waals surface area contributed by atoms with Crippen LogP contribution in [0.15, 0.2) is 10.8 Å². The van der Waals surface area contributed by atoms with Gasteiger partial charge in [0.1, 0.15) is 4.60 Å². The molecule has 88 valence electrons. The Morgan fingerprint density at radius 3 is 2.40 bits per heavy atom.